The molecule has 0 saturated carbocycles. The lowest BCUT2D eigenvalue weighted by Crippen LogP contribution is -2.31. The third-order valence-electron chi connectivity index (χ3n) is 4.03. The fourth-order valence-electron chi connectivity index (χ4n) is 2.66. The van der Waals surface area contributed by atoms with E-state index >= 15 is 0 Å². The second-order valence-electron chi connectivity index (χ2n) is 6.02. The van der Waals surface area contributed by atoms with E-state index < -0.39 is 28.9 Å². The van der Waals surface area contributed by atoms with Gasteiger partial charge in [-0.1, -0.05) is 0 Å². The van der Waals surface area contributed by atoms with Gasteiger partial charge in [-0.15, -0.1) is 0 Å². The van der Waals surface area contributed by atoms with Gasteiger partial charge in [0.1, 0.15) is 0 Å². The van der Waals surface area contributed by atoms with Crippen molar-refractivity contribution in [3.05, 3.63) is 35.0 Å². The van der Waals surface area contributed by atoms with E-state index in [0.29, 0.717) is 11.2 Å². The van der Waals surface area contributed by atoms with Crippen molar-refractivity contribution in [1.82, 2.24) is 4.57 Å². The maximum Gasteiger partial charge on any atom is 0.418 e. The normalized spacial score (nSPS) is 14.1. The number of hydrogen-bond acceptors (Lipinski definition) is 2. The standard InChI is InChI=1S/C16H17F3N2O/c1-9-7-12-13(21(9)10(2)15(3,4)22)6-5-11(8-20)14(12)16(17,18)19/h5-7,10,22H,1-4H3. The highest BCUT2D eigenvalue weighted by Crippen LogP contribution is 2.40. The molecule has 118 valence electrons. The monoisotopic (exact) mass is 310 g/mol. The van der Waals surface area contributed by atoms with Crippen LogP contribution in [0.15, 0.2) is 18.2 Å². The van der Waals surface area contributed by atoms with E-state index in [0.717, 1.165) is 0 Å². The van der Waals surface area contributed by atoms with Crippen LogP contribution in [0.3, 0.4) is 0 Å². The lowest BCUT2D eigenvalue weighted by Gasteiger charge is -2.29. The highest BCUT2D eigenvalue weighted by atomic mass is 19.4. The quantitative estimate of drug-likeness (QED) is 0.905. The minimum absolute atomic E-state index is 0.0137. The van der Waals surface area contributed by atoms with Gasteiger partial charge in [-0.25, -0.2) is 0 Å². The zero-order valence-corrected chi connectivity index (χ0v) is 12.8. The number of hydrogen-bond donors (Lipinski definition) is 1. The average molecular weight is 310 g/mol. The van der Waals surface area contributed by atoms with Gasteiger partial charge >= 0.3 is 6.18 Å². The Hall–Kier alpha value is -2.00. The Kier molecular flexibility index (Phi) is 3.74. The minimum Gasteiger partial charge on any atom is -0.388 e. The summed E-state index contributed by atoms with van der Waals surface area (Å²) in [5.74, 6) is 0. The first-order valence-corrected chi connectivity index (χ1v) is 6.82. The minimum atomic E-state index is -4.61. The molecule has 1 heterocycles. The first kappa shape index (κ1) is 16.4. The number of nitrogens with zero attached hydrogens (tertiary/aromatic N) is 2. The van der Waals surface area contributed by atoms with E-state index in [4.69, 9.17) is 5.26 Å². The van der Waals surface area contributed by atoms with Gasteiger partial charge in [0.05, 0.1) is 28.8 Å². The van der Waals surface area contributed by atoms with Crippen LogP contribution in [-0.2, 0) is 6.18 Å². The predicted molar refractivity (Wildman–Crippen MR) is 77.4 cm³/mol. The van der Waals surface area contributed by atoms with Crippen molar-refractivity contribution < 1.29 is 18.3 Å². The highest BCUT2D eigenvalue weighted by molar-refractivity contribution is 5.87. The van der Waals surface area contributed by atoms with Gasteiger partial charge in [0.25, 0.3) is 0 Å². The highest BCUT2D eigenvalue weighted by Gasteiger charge is 2.37. The Morgan fingerprint density at radius 1 is 1.27 bits per heavy atom. The van der Waals surface area contributed by atoms with Crippen LogP contribution in [0.25, 0.3) is 10.9 Å². The Labute approximate surface area is 126 Å². The van der Waals surface area contributed by atoms with Crippen molar-refractivity contribution >= 4 is 10.9 Å². The number of aromatic nitrogens is 1. The van der Waals surface area contributed by atoms with E-state index in [-0.39, 0.29) is 5.39 Å². The first-order chi connectivity index (χ1) is 9.98. The molecule has 0 aliphatic heterocycles. The Bertz CT molecular complexity index is 761. The summed E-state index contributed by atoms with van der Waals surface area (Å²) in [4.78, 5) is 0. The molecule has 0 bridgehead atoms. The molecule has 22 heavy (non-hydrogen) atoms. The number of fused-ring (bicyclic) bond motifs is 1. The van der Waals surface area contributed by atoms with E-state index in [2.05, 4.69) is 0 Å². The van der Waals surface area contributed by atoms with Crippen LogP contribution >= 0.6 is 0 Å². The number of alkyl halides is 3. The van der Waals surface area contributed by atoms with Crippen LogP contribution in [0.4, 0.5) is 13.2 Å². The lowest BCUT2D eigenvalue weighted by atomic mass is 9.99. The van der Waals surface area contributed by atoms with E-state index in [1.807, 2.05) is 0 Å². The fourth-order valence-corrected chi connectivity index (χ4v) is 2.66. The summed E-state index contributed by atoms with van der Waals surface area (Å²) < 4.78 is 41.7. The number of halogens is 3. The van der Waals surface area contributed by atoms with Gasteiger partial charge < -0.3 is 9.67 Å². The van der Waals surface area contributed by atoms with Gasteiger partial charge in [0, 0.05) is 16.6 Å². The molecule has 2 aromatic rings. The van der Waals surface area contributed by atoms with Crippen LogP contribution in [0.1, 0.15) is 43.6 Å². The van der Waals surface area contributed by atoms with Gasteiger partial charge in [0.15, 0.2) is 0 Å². The van der Waals surface area contributed by atoms with Gasteiger partial charge in [-0.05, 0) is 45.9 Å². The summed E-state index contributed by atoms with van der Waals surface area (Å²) in [5, 5.41) is 19.1. The SMILES string of the molecule is Cc1cc2c(C(F)(F)F)c(C#N)ccc2n1C(C)C(C)(C)O. The summed E-state index contributed by atoms with van der Waals surface area (Å²) in [6.45, 7) is 6.65. The Morgan fingerprint density at radius 2 is 1.86 bits per heavy atom. The molecule has 0 spiro atoms. The molecule has 0 aliphatic rings. The summed E-state index contributed by atoms with van der Waals surface area (Å²) in [6.07, 6.45) is -4.61. The van der Waals surface area contributed by atoms with Gasteiger partial charge in [0.2, 0.25) is 0 Å². The van der Waals surface area contributed by atoms with E-state index in [9.17, 15) is 18.3 Å². The average Bonchev–Trinajstić information content (AvgIpc) is 2.69. The molecule has 2 rings (SSSR count). The first-order valence-electron chi connectivity index (χ1n) is 6.82. The second-order valence-corrected chi connectivity index (χ2v) is 6.02. The summed E-state index contributed by atoms with van der Waals surface area (Å²) in [6, 6.07) is 5.28. The van der Waals surface area contributed by atoms with Crippen LogP contribution in [0, 0.1) is 18.3 Å². The molecule has 0 amide bonds. The summed E-state index contributed by atoms with van der Waals surface area (Å²) in [5.41, 5.74) is -1.45. The van der Waals surface area contributed by atoms with Crippen molar-refractivity contribution in [2.24, 2.45) is 0 Å². The zero-order valence-electron chi connectivity index (χ0n) is 12.8. The maximum atomic E-state index is 13.3. The molecule has 1 aromatic heterocycles. The fraction of sp³-hybridized carbons (Fsp3) is 0.438. The molecule has 1 N–H and O–H groups in total. The molecule has 0 radical (unpaired) electrons. The summed E-state index contributed by atoms with van der Waals surface area (Å²) >= 11 is 0. The predicted octanol–water partition coefficient (Wildman–Crippen LogP) is 4.17. The topological polar surface area (TPSA) is 49.0 Å². The number of benzene rings is 1. The van der Waals surface area contributed by atoms with E-state index in [1.165, 1.54) is 18.2 Å². The number of nitriles is 1. The molecule has 0 aliphatic carbocycles. The zero-order chi connectivity index (χ0) is 16.9. The van der Waals surface area contributed by atoms with Gasteiger partial charge in [-0.2, -0.15) is 18.4 Å². The smallest absolute Gasteiger partial charge is 0.388 e. The number of aryl methyl sites for hydroxylation is 1. The van der Waals surface area contributed by atoms with Gasteiger partial charge in [-0.3, -0.25) is 0 Å². The van der Waals surface area contributed by atoms with Crippen molar-refractivity contribution in [2.75, 3.05) is 0 Å². The molecule has 3 nitrogen and oxygen atoms in total. The van der Waals surface area contributed by atoms with Crippen molar-refractivity contribution in [3.63, 3.8) is 0 Å². The third-order valence-corrected chi connectivity index (χ3v) is 4.03. The molecular formula is C16H17F3N2O. The number of aliphatic hydroxyl groups is 1. The molecule has 6 heteroatoms. The van der Waals surface area contributed by atoms with E-state index in [1.54, 1.807) is 38.3 Å². The molecule has 1 atom stereocenters. The molecule has 0 saturated heterocycles. The molecule has 0 fully saturated rings. The molecule has 1 aromatic carbocycles. The maximum absolute atomic E-state index is 13.3. The molecule has 1 unspecified atom stereocenters. The summed E-state index contributed by atoms with van der Waals surface area (Å²) in [7, 11) is 0. The Morgan fingerprint density at radius 3 is 2.32 bits per heavy atom. The van der Waals surface area contributed by atoms with Crippen molar-refractivity contribution in [1.29, 1.82) is 5.26 Å². The van der Waals surface area contributed by atoms with Crippen molar-refractivity contribution in [2.45, 2.75) is 45.5 Å². The van der Waals surface area contributed by atoms with Crippen LogP contribution in [-0.4, -0.2) is 15.3 Å². The lowest BCUT2D eigenvalue weighted by molar-refractivity contribution is -0.136. The largest absolute Gasteiger partial charge is 0.418 e. The van der Waals surface area contributed by atoms with Crippen LogP contribution in [0.5, 0.6) is 0 Å². The Balaban J connectivity index is 2.86. The molecular weight excluding hydrogens is 293 g/mol. The van der Waals surface area contributed by atoms with Crippen molar-refractivity contribution in [3.8, 4) is 6.07 Å². The van der Waals surface area contributed by atoms with Crippen LogP contribution in [0.2, 0.25) is 0 Å². The second kappa shape index (κ2) is 5.03. The third kappa shape index (κ3) is 2.57. The number of rotatable bonds is 2. The van der Waals surface area contributed by atoms with Crippen LogP contribution < -0.4 is 0 Å².